The van der Waals surface area contributed by atoms with Crippen molar-refractivity contribution in [2.75, 3.05) is 27.2 Å². The van der Waals surface area contributed by atoms with Gasteiger partial charge in [0, 0.05) is 12.7 Å². The van der Waals surface area contributed by atoms with Crippen molar-refractivity contribution in [2.24, 2.45) is 0 Å². The quantitative estimate of drug-likeness (QED) is 0.538. The second kappa shape index (κ2) is 6.14. The molecule has 0 saturated heterocycles. The van der Waals surface area contributed by atoms with E-state index in [0.717, 1.165) is 13.0 Å². The molecule has 15 heavy (non-hydrogen) atoms. The van der Waals surface area contributed by atoms with Crippen molar-refractivity contribution in [3.8, 4) is 0 Å². The summed E-state index contributed by atoms with van der Waals surface area (Å²) in [4.78, 5) is 17.3. The van der Waals surface area contributed by atoms with Crippen molar-refractivity contribution in [1.82, 2.24) is 9.88 Å². The molecule has 82 valence electrons. The summed E-state index contributed by atoms with van der Waals surface area (Å²) in [6.45, 7) is 1.35. The monoisotopic (exact) mass is 208 g/mol. The number of carbonyl (C=O) groups is 1. The third-order valence-corrected chi connectivity index (χ3v) is 1.86. The Labute approximate surface area is 89.9 Å². The van der Waals surface area contributed by atoms with Gasteiger partial charge in [0.25, 0.3) is 0 Å². The Morgan fingerprint density at radius 2 is 2.27 bits per heavy atom. The maximum Gasteiger partial charge on any atom is 0.356 e. The molecule has 1 aromatic rings. The Bertz CT molecular complexity index is 299. The lowest BCUT2D eigenvalue weighted by atomic mass is 10.3. The lowest BCUT2D eigenvalue weighted by Crippen LogP contribution is -2.16. The highest BCUT2D eigenvalue weighted by Crippen LogP contribution is 1.97. The molecule has 0 N–H and O–H groups in total. The number of hydrogen-bond donors (Lipinski definition) is 0. The van der Waals surface area contributed by atoms with Gasteiger partial charge in [0.2, 0.25) is 0 Å². The zero-order valence-corrected chi connectivity index (χ0v) is 9.14. The van der Waals surface area contributed by atoms with E-state index >= 15 is 0 Å². The highest BCUT2D eigenvalue weighted by molar-refractivity contribution is 5.87. The number of esters is 1. The van der Waals surface area contributed by atoms with E-state index in [-0.39, 0.29) is 5.97 Å². The van der Waals surface area contributed by atoms with Crippen LogP contribution in [0.4, 0.5) is 0 Å². The largest absolute Gasteiger partial charge is 0.461 e. The Morgan fingerprint density at radius 3 is 2.87 bits per heavy atom. The molecule has 0 bridgehead atoms. The van der Waals surface area contributed by atoms with Crippen LogP contribution < -0.4 is 0 Å². The molecule has 0 amide bonds. The number of hydrogen-bond acceptors (Lipinski definition) is 4. The molecule has 0 saturated carbocycles. The molecule has 0 aromatic carbocycles. The van der Waals surface area contributed by atoms with Crippen molar-refractivity contribution >= 4 is 5.97 Å². The second-order valence-electron chi connectivity index (χ2n) is 3.51. The number of rotatable bonds is 5. The number of nitrogens with zero attached hydrogens (tertiary/aromatic N) is 2. The number of carbonyl (C=O) groups excluding carboxylic acids is 1. The van der Waals surface area contributed by atoms with Gasteiger partial charge in [-0.3, -0.25) is 0 Å². The normalized spacial score (nSPS) is 10.3. The molecule has 0 atom stereocenters. The van der Waals surface area contributed by atoms with E-state index in [9.17, 15) is 4.79 Å². The van der Waals surface area contributed by atoms with Gasteiger partial charge in [0.05, 0.1) is 6.61 Å². The summed E-state index contributed by atoms with van der Waals surface area (Å²) >= 11 is 0. The van der Waals surface area contributed by atoms with Crippen LogP contribution in [0.15, 0.2) is 24.4 Å². The van der Waals surface area contributed by atoms with Gasteiger partial charge in [-0.2, -0.15) is 0 Å². The van der Waals surface area contributed by atoms with Crippen molar-refractivity contribution in [3.63, 3.8) is 0 Å². The molecule has 1 rings (SSSR count). The molecule has 0 aliphatic heterocycles. The minimum Gasteiger partial charge on any atom is -0.461 e. The van der Waals surface area contributed by atoms with Crippen LogP contribution in [-0.4, -0.2) is 43.1 Å². The van der Waals surface area contributed by atoms with E-state index in [2.05, 4.69) is 9.88 Å². The van der Waals surface area contributed by atoms with E-state index in [1.165, 1.54) is 0 Å². The third-order valence-electron chi connectivity index (χ3n) is 1.86. The minimum absolute atomic E-state index is 0.352. The van der Waals surface area contributed by atoms with Crippen molar-refractivity contribution in [3.05, 3.63) is 30.1 Å². The summed E-state index contributed by atoms with van der Waals surface area (Å²) in [5.74, 6) is -0.352. The predicted molar refractivity (Wildman–Crippen MR) is 57.7 cm³/mol. The Morgan fingerprint density at radius 1 is 1.47 bits per heavy atom. The van der Waals surface area contributed by atoms with E-state index in [1.54, 1.807) is 24.4 Å². The fourth-order valence-corrected chi connectivity index (χ4v) is 1.10. The maximum absolute atomic E-state index is 11.4. The first-order chi connectivity index (χ1) is 7.20. The van der Waals surface area contributed by atoms with Gasteiger partial charge in [-0.15, -0.1) is 0 Å². The maximum atomic E-state index is 11.4. The smallest absolute Gasteiger partial charge is 0.356 e. The van der Waals surface area contributed by atoms with E-state index in [1.807, 2.05) is 14.1 Å². The van der Waals surface area contributed by atoms with Crippen molar-refractivity contribution < 1.29 is 9.53 Å². The molecule has 4 heteroatoms. The van der Waals surface area contributed by atoms with Crippen LogP contribution in [0.3, 0.4) is 0 Å². The van der Waals surface area contributed by atoms with Gasteiger partial charge in [0.15, 0.2) is 0 Å². The van der Waals surface area contributed by atoms with Gasteiger partial charge >= 0.3 is 5.97 Å². The van der Waals surface area contributed by atoms with Crippen molar-refractivity contribution in [1.29, 1.82) is 0 Å². The molecule has 0 fully saturated rings. The summed E-state index contributed by atoms with van der Waals surface area (Å²) in [7, 11) is 3.97. The Hall–Kier alpha value is -1.42. The first-order valence-corrected chi connectivity index (χ1v) is 4.93. The first kappa shape index (κ1) is 11.7. The molecule has 0 radical (unpaired) electrons. The first-order valence-electron chi connectivity index (χ1n) is 4.93. The van der Waals surface area contributed by atoms with Gasteiger partial charge in [0.1, 0.15) is 5.69 Å². The highest BCUT2D eigenvalue weighted by Gasteiger charge is 2.06. The van der Waals surface area contributed by atoms with E-state index in [0.29, 0.717) is 12.3 Å². The lowest BCUT2D eigenvalue weighted by Gasteiger charge is -2.09. The average Bonchev–Trinajstić information content (AvgIpc) is 2.25. The molecule has 0 aliphatic carbocycles. The van der Waals surface area contributed by atoms with Crippen LogP contribution in [0, 0.1) is 0 Å². The highest BCUT2D eigenvalue weighted by atomic mass is 16.5. The van der Waals surface area contributed by atoms with Crippen LogP contribution in [0.2, 0.25) is 0 Å². The summed E-state index contributed by atoms with van der Waals surface area (Å²) in [6, 6.07) is 5.18. The van der Waals surface area contributed by atoms with Gasteiger partial charge in [-0.25, -0.2) is 9.78 Å². The molecule has 0 unspecified atom stereocenters. The van der Waals surface area contributed by atoms with Crippen LogP contribution in [-0.2, 0) is 4.74 Å². The van der Waals surface area contributed by atoms with Crippen molar-refractivity contribution in [2.45, 2.75) is 6.42 Å². The molecule has 1 heterocycles. The van der Waals surface area contributed by atoms with Crippen LogP contribution in [0.1, 0.15) is 16.9 Å². The predicted octanol–water partition coefficient (Wildman–Crippen LogP) is 1.19. The summed E-state index contributed by atoms with van der Waals surface area (Å²) < 4.78 is 5.05. The van der Waals surface area contributed by atoms with Crippen LogP contribution in [0.25, 0.3) is 0 Å². The second-order valence-corrected chi connectivity index (χ2v) is 3.51. The SMILES string of the molecule is CN(C)CCCOC(=O)c1ccccn1. The number of ether oxygens (including phenoxy) is 1. The van der Waals surface area contributed by atoms with Crippen LogP contribution >= 0.6 is 0 Å². The fraction of sp³-hybridized carbons (Fsp3) is 0.455. The standard InChI is InChI=1S/C11H16N2O2/c1-13(2)8-5-9-15-11(14)10-6-3-4-7-12-10/h3-4,6-7H,5,8-9H2,1-2H3. The number of pyridine rings is 1. The van der Waals surface area contributed by atoms with Gasteiger partial charge in [-0.1, -0.05) is 6.07 Å². The third kappa shape index (κ3) is 4.56. The van der Waals surface area contributed by atoms with Gasteiger partial charge in [-0.05, 0) is 32.6 Å². The molecular weight excluding hydrogens is 192 g/mol. The van der Waals surface area contributed by atoms with Crippen LogP contribution in [0.5, 0.6) is 0 Å². The fourth-order valence-electron chi connectivity index (χ4n) is 1.10. The van der Waals surface area contributed by atoms with E-state index < -0.39 is 0 Å². The van der Waals surface area contributed by atoms with Gasteiger partial charge < -0.3 is 9.64 Å². The zero-order chi connectivity index (χ0) is 11.1. The molecule has 1 aromatic heterocycles. The molecule has 4 nitrogen and oxygen atoms in total. The molecular formula is C11H16N2O2. The zero-order valence-electron chi connectivity index (χ0n) is 9.14. The lowest BCUT2D eigenvalue weighted by molar-refractivity contribution is 0.0486. The molecule has 0 spiro atoms. The topological polar surface area (TPSA) is 42.4 Å². The number of aromatic nitrogens is 1. The Kier molecular flexibility index (Phi) is 4.77. The summed E-state index contributed by atoms with van der Waals surface area (Å²) in [5.41, 5.74) is 0.363. The molecule has 0 aliphatic rings. The minimum atomic E-state index is -0.352. The Balaban J connectivity index is 2.25. The average molecular weight is 208 g/mol. The summed E-state index contributed by atoms with van der Waals surface area (Å²) in [5, 5.41) is 0. The summed E-state index contributed by atoms with van der Waals surface area (Å²) in [6.07, 6.45) is 2.42. The van der Waals surface area contributed by atoms with E-state index in [4.69, 9.17) is 4.74 Å².